The van der Waals surface area contributed by atoms with E-state index in [-0.39, 0.29) is 11.7 Å². The van der Waals surface area contributed by atoms with Crippen LogP contribution in [0.15, 0.2) is 94.3 Å². The molecule has 3 heterocycles. The lowest BCUT2D eigenvalue weighted by Gasteiger charge is -2.17. The Morgan fingerprint density at radius 3 is 2.54 bits per heavy atom. The Balaban J connectivity index is 1.28. The summed E-state index contributed by atoms with van der Waals surface area (Å²) >= 11 is 1.45. The van der Waals surface area contributed by atoms with Crippen LogP contribution in [0.3, 0.4) is 0 Å². The predicted octanol–water partition coefficient (Wildman–Crippen LogP) is 5.38. The first-order valence-electron chi connectivity index (χ1n) is 11.0. The highest BCUT2D eigenvalue weighted by molar-refractivity contribution is 8.14. The Kier molecular flexibility index (Phi) is 6.76. The van der Waals surface area contributed by atoms with Crippen LogP contribution in [0.25, 0.3) is 17.5 Å². The van der Waals surface area contributed by atoms with Gasteiger partial charge in [0, 0.05) is 30.1 Å². The zero-order valence-electron chi connectivity index (χ0n) is 18.5. The van der Waals surface area contributed by atoms with Gasteiger partial charge in [0.05, 0.1) is 5.69 Å². The van der Waals surface area contributed by atoms with Crippen molar-refractivity contribution in [3.8, 4) is 11.4 Å². The number of hydrogen-bond donors (Lipinski definition) is 0. The predicted molar refractivity (Wildman–Crippen MR) is 134 cm³/mol. The van der Waals surface area contributed by atoms with Gasteiger partial charge >= 0.3 is 0 Å². The second-order valence-corrected chi connectivity index (χ2v) is 8.71. The third-order valence-electron chi connectivity index (χ3n) is 5.19. The van der Waals surface area contributed by atoms with E-state index in [0.29, 0.717) is 40.4 Å². The number of aliphatic imine (C=N–C) groups is 1. The largest absolute Gasteiger partial charge is 0.339 e. The number of amidine groups is 1. The molecule has 0 spiro atoms. The molecule has 4 aromatic rings. The number of nitrogens with zero attached hydrogens (tertiary/aromatic N) is 5. The van der Waals surface area contributed by atoms with Crippen molar-refractivity contribution in [2.24, 2.45) is 4.99 Å². The molecule has 0 aliphatic carbocycles. The molecule has 0 atom stereocenters. The van der Waals surface area contributed by atoms with Crippen molar-refractivity contribution < 1.29 is 13.7 Å². The van der Waals surface area contributed by atoms with Gasteiger partial charge in [0.1, 0.15) is 11.5 Å². The van der Waals surface area contributed by atoms with Gasteiger partial charge in [-0.2, -0.15) is 4.98 Å². The van der Waals surface area contributed by atoms with Crippen LogP contribution < -0.4 is 4.90 Å². The number of rotatable bonds is 7. The molecule has 174 valence electrons. The fraction of sp³-hybridized carbons (Fsp3) is 0.115. The molecular weight excluding hydrogens is 465 g/mol. The minimum absolute atomic E-state index is 0.248. The van der Waals surface area contributed by atoms with Crippen LogP contribution in [-0.4, -0.2) is 32.0 Å². The molecule has 0 N–H and O–H groups in total. The second-order valence-electron chi connectivity index (χ2n) is 7.65. The highest BCUT2D eigenvalue weighted by atomic mass is 32.2. The lowest BCUT2D eigenvalue weighted by molar-refractivity contribution is -0.113. The van der Waals surface area contributed by atoms with E-state index in [2.05, 4.69) is 20.1 Å². The van der Waals surface area contributed by atoms with Crippen LogP contribution in [0.4, 0.5) is 10.1 Å². The maximum absolute atomic E-state index is 13.5. The summed E-state index contributed by atoms with van der Waals surface area (Å²) < 4.78 is 18.8. The number of hydrogen-bond acceptors (Lipinski definition) is 7. The van der Waals surface area contributed by atoms with Crippen molar-refractivity contribution >= 4 is 34.6 Å². The number of carbonyl (C=O) groups excluding carboxylic acids is 1. The number of halogens is 1. The number of anilines is 1. The van der Waals surface area contributed by atoms with Gasteiger partial charge < -0.3 is 4.52 Å². The highest BCUT2D eigenvalue weighted by Crippen LogP contribution is 2.30. The topological polar surface area (TPSA) is 84.5 Å². The fourth-order valence-corrected chi connectivity index (χ4v) is 4.43. The van der Waals surface area contributed by atoms with Crippen LogP contribution in [0.1, 0.15) is 17.9 Å². The Morgan fingerprint density at radius 2 is 1.77 bits per heavy atom. The summed E-state index contributed by atoms with van der Waals surface area (Å²) in [6.07, 6.45) is 6.45. The molecule has 35 heavy (non-hydrogen) atoms. The number of amides is 1. The lowest BCUT2D eigenvalue weighted by atomic mass is 10.2. The molecule has 0 saturated carbocycles. The first kappa shape index (κ1) is 22.7. The van der Waals surface area contributed by atoms with Crippen molar-refractivity contribution in [1.82, 2.24) is 15.1 Å². The van der Waals surface area contributed by atoms with Gasteiger partial charge in [0.15, 0.2) is 5.17 Å². The molecule has 2 aromatic carbocycles. The standard InChI is InChI=1S/C26H20FN5O2S/c27-20-8-10-21(11-9-20)32-25(33)22(17-18-5-2-1-3-6-18)29-26(32)35-16-4-7-23-30-24(31-34-23)19-12-14-28-15-13-19/h1-3,5-6,8-15,17H,4,7,16H2/b22-17+. The van der Waals surface area contributed by atoms with E-state index < -0.39 is 0 Å². The minimum Gasteiger partial charge on any atom is -0.339 e. The molecule has 2 aromatic heterocycles. The molecule has 0 bridgehead atoms. The van der Waals surface area contributed by atoms with Crippen molar-refractivity contribution in [2.45, 2.75) is 12.8 Å². The third kappa shape index (κ3) is 5.36. The molecule has 0 radical (unpaired) electrons. The van der Waals surface area contributed by atoms with Gasteiger partial charge in [-0.3, -0.25) is 14.7 Å². The summed E-state index contributed by atoms with van der Waals surface area (Å²) in [5, 5.41) is 4.57. The smallest absolute Gasteiger partial charge is 0.283 e. The maximum atomic E-state index is 13.5. The fourth-order valence-electron chi connectivity index (χ4n) is 3.48. The van der Waals surface area contributed by atoms with Crippen LogP contribution in [-0.2, 0) is 11.2 Å². The average molecular weight is 486 g/mol. The third-order valence-corrected chi connectivity index (χ3v) is 6.21. The van der Waals surface area contributed by atoms with E-state index in [4.69, 9.17) is 4.52 Å². The van der Waals surface area contributed by atoms with E-state index in [0.717, 1.165) is 17.5 Å². The quantitative estimate of drug-likeness (QED) is 0.258. The van der Waals surface area contributed by atoms with Crippen molar-refractivity contribution in [3.05, 3.63) is 102 Å². The van der Waals surface area contributed by atoms with Gasteiger partial charge in [0.2, 0.25) is 11.7 Å². The summed E-state index contributed by atoms with van der Waals surface area (Å²) in [7, 11) is 0. The summed E-state index contributed by atoms with van der Waals surface area (Å²) in [5.41, 5.74) is 2.63. The van der Waals surface area contributed by atoms with E-state index in [1.165, 1.54) is 28.8 Å². The first-order chi connectivity index (χ1) is 17.2. The highest BCUT2D eigenvalue weighted by Gasteiger charge is 2.31. The molecule has 0 saturated heterocycles. The van der Waals surface area contributed by atoms with Crippen LogP contribution >= 0.6 is 11.8 Å². The van der Waals surface area contributed by atoms with Crippen LogP contribution in [0.5, 0.6) is 0 Å². The second kappa shape index (κ2) is 10.4. The van der Waals surface area contributed by atoms with Gasteiger partial charge in [-0.05, 0) is 54.5 Å². The number of benzene rings is 2. The van der Waals surface area contributed by atoms with Gasteiger partial charge in [-0.25, -0.2) is 9.38 Å². The molecule has 0 unspecified atom stereocenters. The molecule has 9 heteroatoms. The summed E-state index contributed by atoms with van der Waals surface area (Å²) in [4.78, 5) is 27.7. The number of aromatic nitrogens is 3. The minimum atomic E-state index is -0.364. The summed E-state index contributed by atoms with van der Waals surface area (Å²) in [6, 6.07) is 19.0. The van der Waals surface area contributed by atoms with Crippen molar-refractivity contribution in [2.75, 3.05) is 10.7 Å². The van der Waals surface area contributed by atoms with Crippen molar-refractivity contribution in [1.29, 1.82) is 0 Å². The van der Waals surface area contributed by atoms with Gasteiger partial charge in [-0.1, -0.05) is 47.3 Å². The zero-order valence-corrected chi connectivity index (χ0v) is 19.4. The number of thioether (sulfide) groups is 1. The first-order valence-corrected chi connectivity index (χ1v) is 12.0. The summed E-state index contributed by atoms with van der Waals surface area (Å²) in [5.74, 6) is 1.13. The van der Waals surface area contributed by atoms with Gasteiger partial charge in [0.25, 0.3) is 5.91 Å². The lowest BCUT2D eigenvalue weighted by Crippen LogP contribution is -2.30. The number of aryl methyl sites for hydroxylation is 1. The molecule has 1 aliphatic rings. The number of pyridine rings is 1. The molecule has 1 amide bonds. The molecular formula is C26H20FN5O2S. The maximum Gasteiger partial charge on any atom is 0.283 e. The van der Waals surface area contributed by atoms with E-state index in [1.54, 1.807) is 30.6 Å². The van der Waals surface area contributed by atoms with Crippen LogP contribution in [0, 0.1) is 5.82 Å². The molecule has 0 fully saturated rings. The SMILES string of the molecule is O=C1/C(=C\c2ccccc2)N=C(SCCCc2nc(-c3ccncc3)no2)N1c1ccc(F)cc1. The normalized spacial score (nSPS) is 14.5. The zero-order chi connectivity index (χ0) is 24.0. The van der Waals surface area contributed by atoms with Crippen LogP contribution in [0.2, 0.25) is 0 Å². The van der Waals surface area contributed by atoms with E-state index in [9.17, 15) is 9.18 Å². The number of carbonyl (C=O) groups is 1. The van der Waals surface area contributed by atoms with E-state index in [1.807, 2.05) is 42.5 Å². The average Bonchev–Trinajstić information content (AvgIpc) is 3.48. The molecule has 5 rings (SSSR count). The Bertz CT molecular complexity index is 1370. The Labute approximate surface area is 205 Å². The molecule has 7 nitrogen and oxygen atoms in total. The Morgan fingerprint density at radius 1 is 1.00 bits per heavy atom. The Hall–Kier alpha value is -4.11. The van der Waals surface area contributed by atoms with E-state index >= 15 is 0 Å². The van der Waals surface area contributed by atoms with Crippen molar-refractivity contribution in [3.63, 3.8) is 0 Å². The van der Waals surface area contributed by atoms with Gasteiger partial charge in [-0.15, -0.1) is 0 Å². The molecule has 1 aliphatic heterocycles. The monoisotopic (exact) mass is 485 g/mol. The summed E-state index contributed by atoms with van der Waals surface area (Å²) in [6.45, 7) is 0.